The monoisotopic (exact) mass is 462 g/mol. The third-order valence-corrected chi connectivity index (χ3v) is 6.01. The quantitative estimate of drug-likeness (QED) is 0.192. The maximum absolute atomic E-state index is 12.9. The van der Waals surface area contributed by atoms with Crippen LogP contribution in [-0.4, -0.2) is 32.4 Å². The van der Waals surface area contributed by atoms with Crippen molar-refractivity contribution in [3.05, 3.63) is 97.1 Å². The number of Topliss-reactive ketones (excluding diaryl/α,β-unsaturated/α-hetero) is 1. The fraction of sp³-hybridized carbons (Fsp3) is 0.172. The number of hydrogen-bond acceptors (Lipinski definition) is 5. The summed E-state index contributed by atoms with van der Waals surface area (Å²) in [5.74, 6) is 0.884. The van der Waals surface area contributed by atoms with E-state index in [1.54, 1.807) is 19.6 Å². The molecule has 0 aliphatic heterocycles. The molecule has 0 spiro atoms. The molecule has 35 heavy (non-hydrogen) atoms. The minimum Gasteiger partial charge on any atom is -0.497 e. The van der Waals surface area contributed by atoms with E-state index in [0.717, 1.165) is 53.2 Å². The SMILES string of the molecule is COc1cccc(-c2nc3ccc(C(=O)CCCCn4ccnc4)cc3nc2-c2ccccc2)c1. The van der Waals surface area contributed by atoms with E-state index in [1.165, 1.54) is 0 Å². The van der Waals surface area contributed by atoms with Gasteiger partial charge in [-0.1, -0.05) is 42.5 Å². The zero-order valence-electron chi connectivity index (χ0n) is 19.6. The second-order valence-corrected chi connectivity index (χ2v) is 8.40. The van der Waals surface area contributed by atoms with E-state index in [-0.39, 0.29) is 5.78 Å². The van der Waals surface area contributed by atoms with Crippen LogP contribution in [-0.2, 0) is 6.54 Å². The van der Waals surface area contributed by atoms with Crippen molar-refractivity contribution in [1.29, 1.82) is 0 Å². The number of ether oxygens (including phenoxy) is 1. The third kappa shape index (κ3) is 5.11. The number of hydrogen-bond donors (Lipinski definition) is 0. The Balaban J connectivity index is 1.45. The van der Waals surface area contributed by atoms with Gasteiger partial charge < -0.3 is 9.30 Å². The first-order valence-electron chi connectivity index (χ1n) is 11.7. The lowest BCUT2D eigenvalue weighted by Gasteiger charge is -2.12. The predicted octanol–water partition coefficient (Wildman–Crippen LogP) is 6.22. The molecule has 6 nitrogen and oxygen atoms in total. The summed E-state index contributed by atoms with van der Waals surface area (Å²) in [7, 11) is 1.65. The number of carbonyl (C=O) groups is 1. The molecule has 2 aromatic heterocycles. The lowest BCUT2D eigenvalue weighted by molar-refractivity contribution is 0.0979. The van der Waals surface area contributed by atoms with E-state index in [0.29, 0.717) is 17.5 Å². The van der Waals surface area contributed by atoms with Gasteiger partial charge in [0.1, 0.15) is 5.75 Å². The van der Waals surface area contributed by atoms with Crippen molar-refractivity contribution in [1.82, 2.24) is 19.5 Å². The molecule has 0 N–H and O–H groups in total. The van der Waals surface area contributed by atoms with Gasteiger partial charge in [-0.2, -0.15) is 0 Å². The van der Waals surface area contributed by atoms with Gasteiger partial charge in [-0.3, -0.25) is 4.79 Å². The topological polar surface area (TPSA) is 69.9 Å². The average molecular weight is 463 g/mol. The molecule has 0 unspecified atom stereocenters. The second-order valence-electron chi connectivity index (χ2n) is 8.40. The summed E-state index contributed by atoms with van der Waals surface area (Å²) in [6.45, 7) is 0.865. The highest BCUT2D eigenvalue weighted by Gasteiger charge is 2.15. The highest BCUT2D eigenvalue weighted by Crippen LogP contribution is 2.32. The fourth-order valence-corrected chi connectivity index (χ4v) is 4.14. The number of ketones is 1. The summed E-state index contributed by atoms with van der Waals surface area (Å²) in [5.41, 5.74) is 5.57. The van der Waals surface area contributed by atoms with E-state index >= 15 is 0 Å². The number of carbonyl (C=O) groups excluding carboxylic acids is 1. The number of rotatable bonds is 9. The van der Waals surface area contributed by atoms with Gasteiger partial charge in [-0.25, -0.2) is 15.0 Å². The molecule has 0 fully saturated rings. The van der Waals surface area contributed by atoms with Gasteiger partial charge in [0.2, 0.25) is 0 Å². The number of imidazole rings is 1. The molecule has 3 aromatic carbocycles. The molecule has 0 atom stereocenters. The Hall–Kier alpha value is -4.32. The van der Waals surface area contributed by atoms with Gasteiger partial charge in [0.15, 0.2) is 5.78 Å². The first kappa shape index (κ1) is 22.5. The van der Waals surface area contributed by atoms with Crippen LogP contribution in [0.5, 0.6) is 5.75 Å². The normalized spacial score (nSPS) is 11.0. The Kier molecular flexibility index (Phi) is 6.61. The lowest BCUT2D eigenvalue weighted by atomic mass is 10.0. The standard InChI is InChI=1S/C29H26N4O2/c1-35-24-11-7-10-23(18-24)29-28(21-8-3-2-4-9-21)32-26-19-22(13-14-25(26)31-29)27(34)12-5-6-16-33-17-15-30-20-33/h2-4,7-11,13-15,17-20H,5-6,12,16H2,1H3. The summed E-state index contributed by atoms with van der Waals surface area (Å²) >= 11 is 0. The molecule has 0 aliphatic carbocycles. The van der Waals surface area contributed by atoms with Crippen molar-refractivity contribution in [2.45, 2.75) is 25.8 Å². The van der Waals surface area contributed by atoms with Crippen molar-refractivity contribution >= 4 is 16.8 Å². The fourth-order valence-electron chi connectivity index (χ4n) is 4.14. The van der Waals surface area contributed by atoms with Gasteiger partial charge >= 0.3 is 0 Å². The van der Waals surface area contributed by atoms with Gasteiger partial charge in [-0.15, -0.1) is 0 Å². The Morgan fingerprint density at radius 3 is 2.46 bits per heavy atom. The summed E-state index contributed by atoms with van der Waals surface area (Å²) in [4.78, 5) is 26.9. The largest absolute Gasteiger partial charge is 0.497 e. The Labute approximate surface area is 204 Å². The predicted molar refractivity (Wildman–Crippen MR) is 137 cm³/mol. The molecule has 0 amide bonds. The highest BCUT2D eigenvalue weighted by atomic mass is 16.5. The number of aromatic nitrogens is 4. The molecular weight excluding hydrogens is 436 g/mol. The van der Waals surface area contributed by atoms with Crippen LogP contribution in [0.3, 0.4) is 0 Å². The van der Waals surface area contributed by atoms with Gasteiger partial charge in [0.25, 0.3) is 0 Å². The molecule has 0 bridgehead atoms. The van der Waals surface area contributed by atoms with Gasteiger partial charge in [0, 0.05) is 42.0 Å². The molecule has 0 saturated carbocycles. The van der Waals surface area contributed by atoms with E-state index in [9.17, 15) is 4.79 Å². The molecule has 174 valence electrons. The smallest absolute Gasteiger partial charge is 0.162 e. The minimum absolute atomic E-state index is 0.123. The summed E-state index contributed by atoms with van der Waals surface area (Å²) in [6.07, 6.45) is 7.76. The zero-order valence-corrected chi connectivity index (χ0v) is 19.6. The van der Waals surface area contributed by atoms with Crippen LogP contribution in [0, 0.1) is 0 Å². The summed E-state index contributed by atoms with van der Waals surface area (Å²) in [5, 5.41) is 0. The van der Waals surface area contributed by atoms with Crippen molar-refractivity contribution < 1.29 is 9.53 Å². The van der Waals surface area contributed by atoms with Crippen molar-refractivity contribution in [3.8, 4) is 28.3 Å². The summed E-state index contributed by atoms with van der Waals surface area (Å²) in [6, 6.07) is 23.4. The van der Waals surface area contributed by atoms with Crippen LogP contribution in [0.25, 0.3) is 33.5 Å². The Bertz CT molecular complexity index is 1450. The highest BCUT2D eigenvalue weighted by molar-refractivity contribution is 5.99. The molecule has 5 aromatic rings. The van der Waals surface area contributed by atoms with E-state index in [2.05, 4.69) is 4.98 Å². The first-order valence-corrected chi connectivity index (χ1v) is 11.7. The maximum atomic E-state index is 12.9. The van der Waals surface area contributed by atoms with Crippen LogP contribution in [0.15, 0.2) is 91.5 Å². The number of unbranched alkanes of at least 4 members (excludes halogenated alkanes) is 1. The minimum atomic E-state index is 0.123. The second kappa shape index (κ2) is 10.3. The third-order valence-electron chi connectivity index (χ3n) is 6.01. The van der Waals surface area contributed by atoms with Crippen molar-refractivity contribution in [2.75, 3.05) is 7.11 Å². The molecule has 5 rings (SSSR count). The molecular formula is C29H26N4O2. The number of benzene rings is 3. The van der Waals surface area contributed by atoms with Gasteiger partial charge in [-0.05, 0) is 43.2 Å². The van der Waals surface area contributed by atoms with Crippen molar-refractivity contribution in [3.63, 3.8) is 0 Å². The zero-order chi connectivity index (χ0) is 24.0. The Morgan fingerprint density at radius 1 is 0.857 bits per heavy atom. The first-order chi connectivity index (χ1) is 17.2. The molecule has 2 heterocycles. The molecule has 0 radical (unpaired) electrons. The maximum Gasteiger partial charge on any atom is 0.162 e. The average Bonchev–Trinajstić information content (AvgIpc) is 3.44. The van der Waals surface area contributed by atoms with Gasteiger partial charge in [0.05, 0.1) is 35.9 Å². The number of aryl methyl sites for hydroxylation is 1. The van der Waals surface area contributed by atoms with Crippen LogP contribution in [0.1, 0.15) is 29.6 Å². The Morgan fingerprint density at radius 2 is 1.66 bits per heavy atom. The van der Waals surface area contributed by atoms with E-state index in [1.807, 2.05) is 83.6 Å². The van der Waals surface area contributed by atoms with Crippen LogP contribution < -0.4 is 4.74 Å². The number of nitrogens with zero attached hydrogens (tertiary/aromatic N) is 4. The lowest BCUT2D eigenvalue weighted by Crippen LogP contribution is -2.02. The van der Waals surface area contributed by atoms with Crippen LogP contribution >= 0.6 is 0 Å². The molecule has 6 heteroatoms. The van der Waals surface area contributed by atoms with E-state index < -0.39 is 0 Å². The van der Waals surface area contributed by atoms with Crippen molar-refractivity contribution in [2.24, 2.45) is 0 Å². The number of fused-ring (bicyclic) bond motifs is 1. The van der Waals surface area contributed by atoms with Crippen LogP contribution in [0.2, 0.25) is 0 Å². The van der Waals surface area contributed by atoms with Crippen LogP contribution in [0.4, 0.5) is 0 Å². The molecule has 0 aliphatic rings. The van der Waals surface area contributed by atoms with E-state index in [4.69, 9.17) is 14.7 Å². The number of methoxy groups -OCH3 is 1. The molecule has 0 saturated heterocycles. The summed E-state index contributed by atoms with van der Waals surface area (Å²) < 4.78 is 7.45.